The number of carbonyl (C=O) groups excluding carboxylic acids is 1. The van der Waals surface area contributed by atoms with Gasteiger partial charge in [-0.05, 0) is 66.1 Å². The molecule has 1 amide bonds. The van der Waals surface area contributed by atoms with E-state index >= 15 is 0 Å². The minimum absolute atomic E-state index is 0.269. The molecule has 1 aliphatic rings. The van der Waals surface area contributed by atoms with Crippen molar-refractivity contribution in [3.63, 3.8) is 0 Å². The topological polar surface area (TPSA) is 64.8 Å². The van der Waals surface area contributed by atoms with Crippen molar-refractivity contribution in [3.8, 4) is 11.5 Å². The monoisotopic (exact) mass is 480 g/mol. The number of carbonyl (C=O) groups is 1. The van der Waals surface area contributed by atoms with Gasteiger partial charge in [-0.1, -0.05) is 42.5 Å². The highest BCUT2D eigenvalue weighted by molar-refractivity contribution is 5.81. The highest BCUT2D eigenvalue weighted by Crippen LogP contribution is 2.43. The molecule has 3 aromatic carbocycles. The summed E-state index contributed by atoms with van der Waals surface area (Å²) in [6.45, 7) is 2.11. The highest BCUT2D eigenvalue weighted by atomic mass is 19.2. The first kappa shape index (κ1) is 24.7. The van der Waals surface area contributed by atoms with Crippen LogP contribution in [-0.2, 0) is 17.6 Å². The van der Waals surface area contributed by atoms with Gasteiger partial charge in [0.15, 0.2) is 23.1 Å². The van der Waals surface area contributed by atoms with E-state index in [0.29, 0.717) is 36.4 Å². The zero-order chi connectivity index (χ0) is 25.1. The molecule has 0 aliphatic carbocycles. The first-order valence-corrected chi connectivity index (χ1v) is 11.6. The van der Waals surface area contributed by atoms with Gasteiger partial charge in [0.25, 0.3) is 0 Å². The Bertz CT molecular complexity index is 1220. The molecule has 2 atom stereocenters. The van der Waals surface area contributed by atoms with Crippen molar-refractivity contribution >= 4 is 5.91 Å². The van der Waals surface area contributed by atoms with Crippen LogP contribution in [0.4, 0.5) is 8.78 Å². The molecule has 0 saturated heterocycles. The second-order valence-electron chi connectivity index (χ2n) is 8.83. The van der Waals surface area contributed by atoms with Gasteiger partial charge in [-0.2, -0.15) is 0 Å². The SMILES string of the molecule is COc1cc2c(cc1OC)[C@H](CCc1ccc(C)c(F)c1F)N([C@@H](C(N)=O)c1ccccc1)CC2. The average molecular weight is 481 g/mol. The molecule has 0 fully saturated rings. The molecule has 35 heavy (non-hydrogen) atoms. The molecule has 2 N–H and O–H groups in total. The van der Waals surface area contributed by atoms with Gasteiger partial charge in [0.1, 0.15) is 6.04 Å². The highest BCUT2D eigenvalue weighted by Gasteiger charge is 2.36. The third kappa shape index (κ3) is 4.86. The fraction of sp³-hybridized carbons (Fsp3) is 0.321. The minimum atomic E-state index is -0.825. The Hall–Kier alpha value is -3.45. The smallest absolute Gasteiger partial charge is 0.239 e. The molecule has 184 valence electrons. The molecule has 5 nitrogen and oxygen atoms in total. The van der Waals surface area contributed by atoms with Crippen LogP contribution in [0.25, 0.3) is 0 Å². The number of rotatable bonds is 8. The van der Waals surface area contributed by atoms with E-state index in [-0.39, 0.29) is 18.0 Å². The average Bonchev–Trinajstić information content (AvgIpc) is 2.87. The fourth-order valence-electron chi connectivity index (χ4n) is 5.00. The van der Waals surface area contributed by atoms with Crippen LogP contribution in [-0.4, -0.2) is 31.6 Å². The summed E-state index contributed by atoms with van der Waals surface area (Å²) in [5, 5.41) is 0. The van der Waals surface area contributed by atoms with E-state index in [1.807, 2.05) is 42.5 Å². The summed E-state index contributed by atoms with van der Waals surface area (Å²) in [6.07, 6.45) is 1.42. The lowest BCUT2D eigenvalue weighted by atomic mass is 9.86. The second-order valence-corrected chi connectivity index (χ2v) is 8.83. The van der Waals surface area contributed by atoms with Gasteiger partial charge in [0.05, 0.1) is 14.2 Å². The molecule has 0 aromatic heterocycles. The van der Waals surface area contributed by atoms with Crippen LogP contribution in [0.15, 0.2) is 54.6 Å². The maximum atomic E-state index is 14.7. The predicted molar refractivity (Wildman–Crippen MR) is 130 cm³/mol. The van der Waals surface area contributed by atoms with E-state index in [9.17, 15) is 13.6 Å². The Kier molecular flexibility index (Phi) is 7.36. The van der Waals surface area contributed by atoms with Crippen molar-refractivity contribution in [1.82, 2.24) is 4.90 Å². The molecule has 0 unspecified atom stereocenters. The Labute approximate surface area is 204 Å². The summed E-state index contributed by atoms with van der Waals surface area (Å²) < 4.78 is 39.9. The van der Waals surface area contributed by atoms with Crippen molar-refractivity contribution in [2.45, 2.75) is 38.3 Å². The number of nitrogens with zero attached hydrogens (tertiary/aromatic N) is 1. The first-order valence-electron chi connectivity index (χ1n) is 11.6. The summed E-state index contributed by atoms with van der Waals surface area (Å²) in [5.41, 5.74) is 9.31. The number of hydrogen-bond donors (Lipinski definition) is 1. The predicted octanol–water partition coefficient (Wildman–Crippen LogP) is 5.05. The van der Waals surface area contributed by atoms with Gasteiger partial charge >= 0.3 is 0 Å². The van der Waals surface area contributed by atoms with Crippen LogP contribution >= 0.6 is 0 Å². The molecule has 0 radical (unpaired) electrons. The Morgan fingerprint density at radius 1 is 1.06 bits per heavy atom. The molecule has 7 heteroatoms. The number of halogens is 2. The van der Waals surface area contributed by atoms with Crippen molar-refractivity contribution < 1.29 is 23.0 Å². The number of benzene rings is 3. The van der Waals surface area contributed by atoms with E-state index < -0.39 is 23.6 Å². The summed E-state index contributed by atoms with van der Waals surface area (Å²) in [5.74, 6) is -0.915. The molecular formula is C28H30F2N2O3. The Balaban J connectivity index is 1.78. The summed E-state index contributed by atoms with van der Waals surface area (Å²) in [7, 11) is 3.16. The van der Waals surface area contributed by atoms with Crippen LogP contribution in [0.2, 0.25) is 0 Å². The Morgan fingerprint density at radius 3 is 2.40 bits per heavy atom. The van der Waals surface area contributed by atoms with Gasteiger partial charge < -0.3 is 15.2 Å². The number of hydrogen-bond acceptors (Lipinski definition) is 4. The van der Waals surface area contributed by atoms with E-state index in [2.05, 4.69) is 4.90 Å². The third-order valence-electron chi connectivity index (χ3n) is 6.80. The van der Waals surface area contributed by atoms with Gasteiger partial charge in [-0.15, -0.1) is 0 Å². The molecule has 3 aromatic rings. The number of ether oxygens (including phenoxy) is 2. The van der Waals surface area contributed by atoms with Gasteiger partial charge in [-0.3, -0.25) is 9.69 Å². The molecular weight excluding hydrogens is 450 g/mol. The normalized spacial score (nSPS) is 16.4. The van der Waals surface area contributed by atoms with E-state index in [1.54, 1.807) is 26.4 Å². The largest absolute Gasteiger partial charge is 0.493 e. The summed E-state index contributed by atoms with van der Waals surface area (Å²) in [4.78, 5) is 14.8. The molecule has 1 aliphatic heterocycles. The lowest BCUT2D eigenvalue weighted by molar-refractivity contribution is -0.124. The molecule has 0 spiro atoms. The number of amides is 1. The van der Waals surface area contributed by atoms with Gasteiger partial charge in [0.2, 0.25) is 5.91 Å². The van der Waals surface area contributed by atoms with Crippen LogP contribution < -0.4 is 15.2 Å². The fourth-order valence-corrected chi connectivity index (χ4v) is 5.00. The van der Waals surface area contributed by atoms with Crippen LogP contribution in [0.5, 0.6) is 11.5 Å². The maximum Gasteiger partial charge on any atom is 0.239 e. The van der Waals surface area contributed by atoms with Crippen LogP contribution in [0.3, 0.4) is 0 Å². The van der Waals surface area contributed by atoms with Gasteiger partial charge in [0, 0.05) is 12.6 Å². The van der Waals surface area contributed by atoms with E-state index in [0.717, 1.165) is 16.7 Å². The summed E-state index contributed by atoms with van der Waals surface area (Å²) in [6, 6.07) is 15.5. The Morgan fingerprint density at radius 2 is 1.74 bits per heavy atom. The van der Waals surface area contributed by atoms with Crippen molar-refractivity contribution in [1.29, 1.82) is 0 Å². The molecule has 0 bridgehead atoms. The van der Waals surface area contributed by atoms with E-state index in [4.69, 9.17) is 15.2 Å². The van der Waals surface area contributed by atoms with Crippen molar-refractivity contribution in [3.05, 3.63) is 94.0 Å². The molecule has 1 heterocycles. The van der Waals surface area contributed by atoms with Crippen molar-refractivity contribution in [2.24, 2.45) is 5.73 Å². The maximum absolute atomic E-state index is 14.7. The van der Waals surface area contributed by atoms with Crippen LogP contribution in [0.1, 0.15) is 46.3 Å². The lowest BCUT2D eigenvalue weighted by Gasteiger charge is -2.41. The zero-order valence-electron chi connectivity index (χ0n) is 20.2. The lowest BCUT2D eigenvalue weighted by Crippen LogP contribution is -2.44. The standard InChI is InChI=1S/C28H30F2N2O3/c1-17-9-10-18(26(30)25(17)29)11-12-22-21-16-24(35-3)23(34-2)15-20(21)13-14-32(22)27(28(31)33)19-7-5-4-6-8-19/h4-10,15-16,22,27H,11-14H2,1-3H3,(H2,31,33)/t22-,27+/m0/s1. The first-order chi connectivity index (χ1) is 16.8. The quantitative estimate of drug-likeness (QED) is 0.490. The zero-order valence-corrected chi connectivity index (χ0v) is 20.2. The number of fused-ring (bicyclic) bond motifs is 1. The number of primary amides is 1. The number of aryl methyl sites for hydroxylation is 2. The van der Waals surface area contributed by atoms with Gasteiger partial charge in [-0.25, -0.2) is 8.78 Å². The number of methoxy groups -OCH3 is 2. The molecule has 4 rings (SSSR count). The van der Waals surface area contributed by atoms with Crippen molar-refractivity contribution in [2.75, 3.05) is 20.8 Å². The van der Waals surface area contributed by atoms with Crippen LogP contribution in [0, 0.1) is 18.6 Å². The third-order valence-corrected chi connectivity index (χ3v) is 6.80. The minimum Gasteiger partial charge on any atom is -0.493 e. The van der Waals surface area contributed by atoms with E-state index in [1.165, 1.54) is 6.92 Å². The summed E-state index contributed by atoms with van der Waals surface area (Å²) >= 11 is 0. The second kappa shape index (κ2) is 10.4. The number of nitrogens with two attached hydrogens (primary N) is 1. The molecule has 0 saturated carbocycles.